The highest BCUT2D eigenvalue weighted by Crippen LogP contribution is 2.19. The molecular weight excluding hydrogens is 446 g/mol. The fraction of sp³-hybridized carbons (Fsp3) is 0.211. The van der Waals surface area contributed by atoms with Crippen LogP contribution < -0.4 is 5.32 Å². The Bertz CT molecular complexity index is 1260. The molecule has 1 N–H and O–H groups in total. The molecule has 0 atom stereocenters. The van der Waals surface area contributed by atoms with Gasteiger partial charge in [-0.15, -0.1) is 5.10 Å². The van der Waals surface area contributed by atoms with Gasteiger partial charge in [-0.1, -0.05) is 29.3 Å². The maximum absolute atomic E-state index is 13.2. The first kappa shape index (κ1) is 21.0. The number of hydrogen-bond donors (Lipinski definition) is 1. The number of aromatic nitrogens is 7. The van der Waals surface area contributed by atoms with Crippen molar-refractivity contribution >= 4 is 35.1 Å². The summed E-state index contributed by atoms with van der Waals surface area (Å²) in [4.78, 5) is 16.5. The van der Waals surface area contributed by atoms with Gasteiger partial charge in [0.05, 0.1) is 23.0 Å². The molecule has 0 aliphatic carbocycles. The molecule has 1 amide bonds. The van der Waals surface area contributed by atoms with Crippen LogP contribution >= 0.6 is 23.2 Å². The van der Waals surface area contributed by atoms with Crippen molar-refractivity contribution in [2.45, 2.75) is 27.1 Å². The summed E-state index contributed by atoms with van der Waals surface area (Å²) in [5.41, 5.74) is 2.42. The quantitative estimate of drug-likeness (QED) is 0.472. The third-order valence-electron chi connectivity index (χ3n) is 4.55. The number of hydrogen-bond acceptors (Lipinski definition) is 5. The average molecular weight is 463 g/mol. The van der Waals surface area contributed by atoms with Gasteiger partial charge < -0.3 is 0 Å². The molecule has 0 saturated carbocycles. The van der Waals surface area contributed by atoms with E-state index in [0.29, 0.717) is 17.3 Å². The molecule has 1 aromatic carbocycles. The minimum Gasteiger partial charge on any atom is -0.288 e. The Balaban J connectivity index is 1.40. The van der Waals surface area contributed by atoms with Gasteiger partial charge in [0.1, 0.15) is 18.8 Å². The van der Waals surface area contributed by atoms with E-state index in [1.165, 1.54) is 23.1 Å². The van der Waals surface area contributed by atoms with Gasteiger partial charge in [0.25, 0.3) is 5.91 Å². The van der Waals surface area contributed by atoms with Gasteiger partial charge in [-0.3, -0.25) is 14.8 Å². The zero-order valence-corrected chi connectivity index (χ0v) is 18.1. The minimum atomic E-state index is -0.456. The molecule has 12 heteroatoms. The monoisotopic (exact) mass is 462 g/mol. The van der Waals surface area contributed by atoms with E-state index in [1.807, 2.05) is 13.8 Å². The smallest absolute Gasteiger partial charge is 0.278 e. The molecule has 0 aliphatic rings. The van der Waals surface area contributed by atoms with E-state index in [-0.39, 0.29) is 23.2 Å². The van der Waals surface area contributed by atoms with Crippen LogP contribution in [0.5, 0.6) is 0 Å². The van der Waals surface area contributed by atoms with Crippen molar-refractivity contribution in [1.82, 2.24) is 34.3 Å². The molecule has 9 nitrogen and oxygen atoms in total. The van der Waals surface area contributed by atoms with Gasteiger partial charge >= 0.3 is 0 Å². The van der Waals surface area contributed by atoms with Crippen molar-refractivity contribution in [1.29, 1.82) is 0 Å². The van der Waals surface area contributed by atoms with Crippen molar-refractivity contribution in [3.63, 3.8) is 0 Å². The third-order valence-corrected chi connectivity index (χ3v) is 5.45. The molecule has 0 spiro atoms. The summed E-state index contributed by atoms with van der Waals surface area (Å²) in [7, 11) is 0. The molecule has 0 unspecified atom stereocenters. The molecule has 3 aromatic heterocycles. The maximum atomic E-state index is 13.2. The Morgan fingerprint density at radius 3 is 2.65 bits per heavy atom. The maximum Gasteiger partial charge on any atom is 0.278 e. The lowest BCUT2D eigenvalue weighted by Crippen LogP contribution is -2.16. The largest absolute Gasteiger partial charge is 0.288 e. The molecule has 0 fully saturated rings. The summed E-state index contributed by atoms with van der Waals surface area (Å²) in [5.74, 6) is -0.758. The normalized spacial score (nSPS) is 11.1. The van der Waals surface area contributed by atoms with E-state index in [9.17, 15) is 9.18 Å². The van der Waals surface area contributed by atoms with Crippen LogP contribution in [0, 0.1) is 19.7 Å². The van der Waals surface area contributed by atoms with Gasteiger partial charge in [0.2, 0.25) is 5.95 Å². The van der Waals surface area contributed by atoms with Gasteiger partial charge in [0.15, 0.2) is 5.69 Å². The number of anilines is 1. The highest BCUT2D eigenvalue weighted by atomic mass is 35.5. The third kappa shape index (κ3) is 4.59. The van der Waals surface area contributed by atoms with Gasteiger partial charge in [-0.25, -0.2) is 18.7 Å². The van der Waals surface area contributed by atoms with Crippen LogP contribution in [0.3, 0.4) is 0 Å². The van der Waals surface area contributed by atoms with Crippen molar-refractivity contribution in [3.05, 3.63) is 75.3 Å². The van der Waals surface area contributed by atoms with Crippen molar-refractivity contribution < 1.29 is 9.18 Å². The molecular formula is C19H17Cl2FN8O. The number of carbonyl (C=O) groups is 1. The summed E-state index contributed by atoms with van der Waals surface area (Å²) in [5, 5.41) is 16.3. The first-order chi connectivity index (χ1) is 14.8. The first-order valence-corrected chi connectivity index (χ1v) is 9.93. The molecule has 0 bridgehead atoms. The first-order valence-electron chi connectivity index (χ1n) is 9.18. The molecule has 31 heavy (non-hydrogen) atoms. The summed E-state index contributed by atoms with van der Waals surface area (Å²) in [6, 6.07) is 5.70. The molecule has 160 valence electrons. The van der Waals surface area contributed by atoms with Crippen LogP contribution in [0.4, 0.5) is 10.3 Å². The average Bonchev–Trinajstić information content (AvgIpc) is 3.42. The number of rotatable bonds is 6. The van der Waals surface area contributed by atoms with Crippen LogP contribution in [-0.2, 0) is 13.2 Å². The summed E-state index contributed by atoms with van der Waals surface area (Å²) < 4.78 is 17.9. The zero-order chi connectivity index (χ0) is 22.1. The number of nitrogens with zero attached hydrogens (tertiary/aromatic N) is 7. The SMILES string of the molecule is Cc1nn(Cn2ccc(C(=O)Nc3ncn(Cc4ccc(F)cc4Cl)n3)n2)c(C)c1Cl. The van der Waals surface area contributed by atoms with E-state index >= 15 is 0 Å². The lowest BCUT2D eigenvalue weighted by atomic mass is 10.2. The zero-order valence-electron chi connectivity index (χ0n) is 16.6. The van der Waals surface area contributed by atoms with E-state index < -0.39 is 11.7 Å². The van der Waals surface area contributed by atoms with Crippen LogP contribution in [0.15, 0.2) is 36.8 Å². The van der Waals surface area contributed by atoms with E-state index in [0.717, 1.165) is 11.4 Å². The lowest BCUT2D eigenvalue weighted by molar-refractivity contribution is 0.102. The van der Waals surface area contributed by atoms with Crippen LogP contribution in [0.1, 0.15) is 27.4 Å². The van der Waals surface area contributed by atoms with Crippen molar-refractivity contribution in [2.75, 3.05) is 5.32 Å². The van der Waals surface area contributed by atoms with E-state index in [1.54, 1.807) is 27.7 Å². The highest BCUT2D eigenvalue weighted by molar-refractivity contribution is 6.32. The Hall–Kier alpha value is -3.24. The Morgan fingerprint density at radius 1 is 1.13 bits per heavy atom. The van der Waals surface area contributed by atoms with Crippen LogP contribution in [0.25, 0.3) is 0 Å². The second-order valence-electron chi connectivity index (χ2n) is 6.82. The molecule has 0 saturated heterocycles. The standard InChI is InChI=1S/C19H17Cl2FN8O/c1-11-17(21)12(2)30(25-11)10-28-6-5-16(26-28)18(31)24-19-23-9-29(27-19)8-13-3-4-14(22)7-15(13)20/h3-7,9H,8,10H2,1-2H3,(H,24,27,31). The van der Waals surface area contributed by atoms with E-state index in [4.69, 9.17) is 23.2 Å². The van der Waals surface area contributed by atoms with E-state index in [2.05, 4.69) is 25.6 Å². The number of aryl methyl sites for hydroxylation is 1. The number of carbonyl (C=O) groups excluding carboxylic acids is 1. The Labute approximate surface area is 186 Å². The number of benzene rings is 1. The van der Waals surface area contributed by atoms with Gasteiger partial charge in [0, 0.05) is 11.2 Å². The number of halogens is 3. The molecule has 4 aromatic rings. The Morgan fingerprint density at radius 2 is 1.94 bits per heavy atom. The molecule has 0 aliphatic heterocycles. The predicted octanol–water partition coefficient (Wildman–Crippen LogP) is 3.54. The van der Waals surface area contributed by atoms with Gasteiger partial charge in [-0.2, -0.15) is 10.2 Å². The number of amides is 1. The predicted molar refractivity (Wildman–Crippen MR) is 113 cm³/mol. The highest BCUT2D eigenvalue weighted by Gasteiger charge is 2.14. The molecule has 3 heterocycles. The van der Waals surface area contributed by atoms with Gasteiger partial charge in [-0.05, 0) is 37.6 Å². The summed E-state index contributed by atoms with van der Waals surface area (Å²) >= 11 is 12.2. The summed E-state index contributed by atoms with van der Waals surface area (Å²) in [6.45, 7) is 4.28. The second-order valence-corrected chi connectivity index (χ2v) is 7.61. The fourth-order valence-corrected chi connectivity index (χ4v) is 3.29. The summed E-state index contributed by atoms with van der Waals surface area (Å²) in [6.07, 6.45) is 3.11. The topological polar surface area (TPSA) is 95.5 Å². The lowest BCUT2D eigenvalue weighted by Gasteiger charge is -2.04. The number of nitrogens with one attached hydrogen (secondary N) is 1. The minimum absolute atomic E-state index is 0.114. The Kier molecular flexibility index (Phi) is 5.75. The van der Waals surface area contributed by atoms with Crippen molar-refractivity contribution in [3.8, 4) is 0 Å². The van der Waals surface area contributed by atoms with Crippen molar-refractivity contribution in [2.24, 2.45) is 0 Å². The fourth-order valence-electron chi connectivity index (χ4n) is 2.93. The second kappa shape index (κ2) is 8.48. The van der Waals surface area contributed by atoms with Crippen LogP contribution in [-0.4, -0.2) is 40.2 Å². The van der Waals surface area contributed by atoms with Crippen LogP contribution in [0.2, 0.25) is 10.0 Å². The molecule has 0 radical (unpaired) electrons. The molecule has 4 rings (SSSR count).